The summed E-state index contributed by atoms with van der Waals surface area (Å²) in [7, 11) is 1.58. The average Bonchev–Trinajstić information content (AvgIpc) is 2.93. The molecule has 3 rings (SSSR count). The average molecular weight is 277 g/mol. The van der Waals surface area contributed by atoms with Crippen molar-refractivity contribution in [1.29, 1.82) is 0 Å². The largest absolute Gasteiger partial charge is 0.497 e. The van der Waals surface area contributed by atoms with Crippen LogP contribution in [0.2, 0.25) is 0 Å². The van der Waals surface area contributed by atoms with Crippen molar-refractivity contribution < 1.29 is 9.66 Å². The number of ether oxygens (including phenoxy) is 1. The molecule has 1 aromatic carbocycles. The molecule has 6 nitrogen and oxygen atoms in total. The van der Waals surface area contributed by atoms with Crippen LogP contribution in [0.5, 0.6) is 5.75 Å². The van der Waals surface area contributed by atoms with Gasteiger partial charge in [0.2, 0.25) is 0 Å². The number of nitro benzene ring substituents is 1. The van der Waals surface area contributed by atoms with Gasteiger partial charge in [0.15, 0.2) is 0 Å². The Bertz CT molecular complexity index is 520. The number of hydrogen-bond donors (Lipinski definition) is 1. The third-order valence-corrected chi connectivity index (χ3v) is 4.42. The summed E-state index contributed by atoms with van der Waals surface area (Å²) >= 11 is 0. The summed E-state index contributed by atoms with van der Waals surface area (Å²) in [4.78, 5) is 13.0. The molecular formula is C14H19N3O3. The molecule has 2 aliphatic rings. The van der Waals surface area contributed by atoms with Gasteiger partial charge in [-0.05, 0) is 37.4 Å². The van der Waals surface area contributed by atoms with Crippen LogP contribution < -0.4 is 15.0 Å². The first kappa shape index (κ1) is 13.2. The predicted octanol–water partition coefficient (Wildman–Crippen LogP) is 1.65. The molecule has 0 saturated carbocycles. The van der Waals surface area contributed by atoms with Gasteiger partial charge < -0.3 is 15.0 Å². The highest BCUT2D eigenvalue weighted by molar-refractivity contribution is 5.66. The normalized spacial score (nSPS) is 25.4. The van der Waals surface area contributed by atoms with E-state index < -0.39 is 0 Å². The van der Waals surface area contributed by atoms with Gasteiger partial charge in [-0.25, -0.2) is 0 Å². The van der Waals surface area contributed by atoms with Gasteiger partial charge in [-0.2, -0.15) is 0 Å². The van der Waals surface area contributed by atoms with E-state index in [1.807, 2.05) is 0 Å². The minimum atomic E-state index is -0.312. The third kappa shape index (κ3) is 2.31. The second-order valence-electron chi connectivity index (χ2n) is 5.52. The third-order valence-electron chi connectivity index (χ3n) is 4.42. The van der Waals surface area contributed by atoms with Crippen LogP contribution in [0.3, 0.4) is 0 Å². The Labute approximate surface area is 117 Å². The number of hydrogen-bond acceptors (Lipinski definition) is 5. The van der Waals surface area contributed by atoms with E-state index >= 15 is 0 Å². The summed E-state index contributed by atoms with van der Waals surface area (Å²) in [6.07, 6.45) is 1.09. The van der Waals surface area contributed by atoms with Crippen LogP contribution >= 0.6 is 0 Å². The van der Waals surface area contributed by atoms with Gasteiger partial charge >= 0.3 is 0 Å². The number of anilines is 1. The molecule has 1 N–H and O–H groups in total. The zero-order chi connectivity index (χ0) is 14.1. The van der Waals surface area contributed by atoms with Crippen LogP contribution in [0.4, 0.5) is 11.4 Å². The number of benzene rings is 1. The first-order valence-electron chi connectivity index (χ1n) is 6.97. The molecule has 20 heavy (non-hydrogen) atoms. The lowest BCUT2D eigenvalue weighted by molar-refractivity contribution is -0.384. The van der Waals surface area contributed by atoms with Gasteiger partial charge in [-0.3, -0.25) is 10.1 Å². The summed E-state index contributed by atoms with van der Waals surface area (Å²) in [5.41, 5.74) is 0.843. The summed E-state index contributed by atoms with van der Waals surface area (Å²) in [5.74, 6) is 1.97. The molecule has 2 saturated heterocycles. The quantitative estimate of drug-likeness (QED) is 0.672. The zero-order valence-corrected chi connectivity index (χ0v) is 11.5. The second kappa shape index (κ2) is 5.28. The molecule has 2 aliphatic heterocycles. The lowest BCUT2D eigenvalue weighted by atomic mass is 9.88. The molecule has 2 heterocycles. The number of fused-ring (bicyclic) bond motifs is 1. The van der Waals surface area contributed by atoms with E-state index in [2.05, 4.69) is 10.2 Å². The van der Waals surface area contributed by atoms with Crippen LogP contribution in [0.15, 0.2) is 18.2 Å². The number of nitro groups is 1. The van der Waals surface area contributed by atoms with Crippen LogP contribution in [0.1, 0.15) is 6.42 Å². The van der Waals surface area contributed by atoms with Crippen molar-refractivity contribution in [2.24, 2.45) is 11.8 Å². The molecule has 108 valence electrons. The van der Waals surface area contributed by atoms with E-state index in [-0.39, 0.29) is 10.6 Å². The Morgan fingerprint density at radius 1 is 1.40 bits per heavy atom. The maximum absolute atomic E-state index is 11.2. The van der Waals surface area contributed by atoms with Crippen molar-refractivity contribution in [3.63, 3.8) is 0 Å². The maximum atomic E-state index is 11.2. The highest BCUT2D eigenvalue weighted by Crippen LogP contribution is 2.36. The molecule has 0 radical (unpaired) electrons. The number of piperidine rings is 1. The minimum Gasteiger partial charge on any atom is -0.497 e. The molecule has 2 unspecified atom stereocenters. The van der Waals surface area contributed by atoms with E-state index in [0.29, 0.717) is 17.4 Å². The standard InChI is InChI=1S/C14H19N3O3/c1-20-12-2-3-13(17(18)19)14(6-12)16-5-4-10-7-15-8-11(10)9-16/h2-3,6,10-11,15H,4-5,7-9H2,1H3. The molecule has 0 amide bonds. The van der Waals surface area contributed by atoms with Gasteiger partial charge in [-0.1, -0.05) is 0 Å². The topological polar surface area (TPSA) is 67.6 Å². The van der Waals surface area contributed by atoms with Crippen molar-refractivity contribution in [3.8, 4) is 5.75 Å². The number of rotatable bonds is 3. The lowest BCUT2D eigenvalue weighted by Gasteiger charge is -2.35. The highest BCUT2D eigenvalue weighted by Gasteiger charge is 2.34. The van der Waals surface area contributed by atoms with E-state index in [1.54, 1.807) is 19.2 Å². The van der Waals surface area contributed by atoms with Crippen molar-refractivity contribution in [2.45, 2.75) is 6.42 Å². The van der Waals surface area contributed by atoms with Crippen molar-refractivity contribution >= 4 is 11.4 Å². The van der Waals surface area contributed by atoms with E-state index in [0.717, 1.165) is 38.5 Å². The molecule has 0 aliphatic carbocycles. The minimum absolute atomic E-state index is 0.162. The molecule has 2 fully saturated rings. The van der Waals surface area contributed by atoms with Gasteiger partial charge in [0.1, 0.15) is 11.4 Å². The van der Waals surface area contributed by atoms with E-state index in [9.17, 15) is 10.1 Å². The Hall–Kier alpha value is -1.82. The van der Waals surface area contributed by atoms with Gasteiger partial charge in [-0.15, -0.1) is 0 Å². The van der Waals surface area contributed by atoms with Gasteiger partial charge in [0.05, 0.1) is 12.0 Å². The second-order valence-corrected chi connectivity index (χ2v) is 5.52. The Morgan fingerprint density at radius 3 is 2.95 bits per heavy atom. The number of nitrogens with zero attached hydrogens (tertiary/aromatic N) is 2. The van der Waals surface area contributed by atoms with Crippen molar-refractivity contribution in [2.75, 3.05) is 38.2 Å². The van der Waals surface area contributed by atoms with Gasteiger partial charge in [0, 0.05) is 25.2 Å². The van der Waals surface area contributed by atoms with Crippen LogP contribution in [-0.4, -0.2) is 38.2 Å². The molecule has 0 aromatic heterocycles. The maximum Gasteiger partial charge on any atom is 0.292 e. The summed E-state index contributed by atoms with van der Waals surface area (Å²) in [6.45, 7) is 3.85. The fourth-order valence-electron chi connectivity index (χ4n) is 3.29. The van der Waals surface area contributed by atoms with Crippen molar-refractivity contribution in [1.82, 2.24) is 5.32 Å². The zero-order valence-electron chi connectivity index (χ0n) is 11.5. The first-order chi connectivity index (χ1) is 9.69. The summed E-state index contributed by atoms with van der Waals surface area (Å²) in [5, 5.41) is 14.6. The highest BCUT2D eigenvalue weighted by atomic mass is 16.6. The lowest BCUT2D eigenvalue weighted by Crippen LogP contribution is -2.40. The Kier molecular flexibility index (Phi) is 3.48. The van der Waals surface area contributed by atoms with Gasteiger partial charge in [0.25, 0.3) is 5.69 Å². The molecule has 0 spiro atoms. The monoisotopic (exact) mass is 277 g/mol. The molecule has 0 bridgehead atoms. The Balaban J connectivity index is 1.89. The Morgan fingerprint density at radius 2 is 2.20 bits per heavy atom. The molecule has 2 atom stereocenters. The fourth-order valence-corrected chi connectivity index (χ4v) is 3.29. The molecular weight excluding hydrogens is 258 g/mol. The number of nitrogens with one attached hydrogen (secondary N) is 1. The predicted molar refractivity (Wildman–Crippen MR) is 76.3 cm³/mol. The van der Waals surface area contributed by atoms with Crippen LogP contribution in [0, 0.1) is 22.0 Å². The molecule has 6 heteroatoms. The summed E-state index contributed by atoms with van der Waals surface area (Å²) < 4.78 is 5.21. The van der Waals surface area contributed by atoms with Crippen LogP contribution in [0.25, 0.3) is 0 Å². The van der Waals surface area contributed by atoms with Crippen LogP contribution in [-0.2, 0) is 0 Å². The SMILES string of the molecule is COc1ccc([N+](=O)[O-])c(N2CCC3CNCC3C2)c1. The van der Waals surface area contributed by atoms with Crippen molar-refractivity contribution in [3.05, 3.63) is 28.3 Å². The smallest absolute Gasteiger partial charge is 0.292 e. The first-order valence-corrected chi connectivity index (χ1v) is 6.97. The molecule has 1 aromatic rings. The number of methoxy groups -OCH3 is 1. The summed E-state index contributed by atoms with van der Waals surface area (Å²) in [6, 6.07) is 4.96. The van der Waals surface area contributed by atoms with E-state index in [4.69, 9.17) is 4.74 Å². The van der Waals surface area contributed by atoms with E-state index in [1.165, 1.54) is 6.07 Å². The fraction of sp³-hybridized carbons (Fsp3) is 0.571.